The summed E-state index contributed by atoms with van der Waals surface area (Å²) in [6.07, 6.45) is 3.69. The summed E-state index contributed by atoms with van der Waals surface area (Å²) in [7, 11) is 0. The van der Waals surface area contributed by atoms with Crippen LogP contribution in [0.2, 0.25) is 0 Å². The van der Waals surface area contributed by atoms with Crippen molar-refractivity contribution < 1.29 is 9.13 Å². The highest BCUT2D eigenvalue weighted by Gasteiger charge is 2.31. The zero-order valence-corrected chi connectivity index (χ0v) is 11.7. The maximum Gasteiger partial charge on any atom is 0.123 e. The van der Waals surface area contributed by atoms with Gasteiger partial charge >= 0.3 is 0 Å². The quantitative estimate of drug-likeness (QED) is 0.845. The van der Waals surface area contributed by atoms with Crippen LogP contribution in [0.4, 0.5) is 4.39 Å². The third-order valence-electron chi connectivity index (χ3n) is 3.76. The van der Waals surface area contributed by atoms with Crippen molar-refractivity contribution in [1.82, 2.24) is 15.0 Å². The average molecular weight is 275 g/mol. The van der Waals surface area contributed by atoms with E-state index in [0.717, 1.165) is 30.8 Å². The molecule has 1 unspecified atom stereocenters. The first kappa shape index (κ1) is 13.2. The normalized spacial score (nSPS) is 21.9. The van der Waals surface area contributed by atoms with E-state index < -0.39 is 0 Å². The predicted molar refractivity (Wildman–Crippen MR) is 73.3 cm³/mol. The number of rotatable bonds is 2. The molecule has 2 heterocycles. The molecule has 0 amide bonds. The first-order valence-corrected chi connectivity index (χ1v) is 6.86. The Morgan fingerprint density at radius 1 is 1.30 bits per heavy atom. The zero-order valence-electron chi connectivity index (χ0n) is 11.7. The second kappa shape index (κ2) is 4.98. The van der Waals surface area contributed by atoms with E-state index >= 15 is 0 Å². The fourth-order valence-electron chi connectivity index (χ4n) is 2.79. The molecule has 1 aliphatic rings. The second-order valence-corrected chi connectivity index (χ2v) is 5.84. The van der Waals surface area contributed by atoms with Gasteiger partial charge in [0, 0.05) is 12.5 Å². The smallest absolute Gasteiger partial charge is 0.123 e. The van der Waals surface area contributed by atoms with Crippen molar-refractivity contribution in [3.05, 3.63) is 42.0 Å². The number of hydrogen-bond donors (Lipinski definition) is 0. The van der Waals surface area contributed by atoms with Gasteiger partial charge in [-0.25, -0.2) is 9.07 Å². The number of halogens is 1. The molecule has 1 aliphatic heterocycles. The molecule has 20 heavy (non-hydrogen) atoms. The Balaban J connectivity index is 1.92. The number of benzene rings is 1. The minimum Gasteiger partial charge on any atom is -0.376 e. The van der Waals surface area contributed by atoms with Crippen molar-refractivity contribution in [2.45, 2.75) is 38.2 Å². The monoisotopic (exact) mass is 275 g/mol. The van der Waals surface area contributed by atoms with Crippen LogP contribution in [-0.2, 0) is 4.74 Å². The second-order valence-electron chi connectivity index (χ2n) is 5.84. The van der Waals surface area contributed by atoms with Gasteiger partial charge in [0.15, 0.2) is 0 Å². The SMILES string of the molecule is CC1(C)CC(c2cnnn2-c2ccc(F)cc2)CCO1. The van der Waals surface area contributed by atoms with Crippen LogP contribution in [-0.4, -0.2) is 27.2 Å². The Kier molecular flexibility index (Phi) is 3.30. The van der Waals surface area contributed by atoms with Gasteiger partial charge in [-0.2, -0.15) is 0 Å². The highest BCUT2D eigenvalue weighted by atomic mass is 19.1. The molecule has 3 rings (SSSR count). The van der Waals surface area contributed by atoms with Gasteiger partial charge in [0.25, 0.3) is 0 Å². The lowest BCUT2D eigenvalue weighted by molar-refractivity contribution is -0.0600. The van der Waals surface area contributed by atoms with Crippen LogP contribution in [0, 0.1) is 5.82 Å². The molecule has 4 nitrogen and oxygen atoms in total. The van der Waals surface area contributed by atoms with Crippen molar-refractivity contribution in [3.63, 3.8) is 0 Å². The summed E-state index contributed by atoms with van der Waals surface area (Å²) in [5, 5.41) is 8.16. The molecule has 0 N–H and O–H groups in total. The summed E-state index contributed by atoms with van der Waals surface area (Å²) < 4.78 is 20.6. The molecule has 0 saturated carbocycles. The van der Waals surface area contributed by atoms with E-state index in [1.807, 2.05) is 0 Å². The molecule has 1 aromatic heterocycles. The molecule has 2 aromatic rings. The Morgan fingerprint density at radius 3 is 2.75 bits per heavy atom. The Morgan fingerprint density at radius 2 is 2.05 bits per heavy atom. The highest BCUT2D eigenvalue weighted by Crippen LogP contribution is 2.35. The van der Waals surface area contributed by atoms with Crippen LogP contribution in [0.5, 0.6) is 0 Å². The number of ether oxygens (including phenoxy) is 1. The van der Waals surface area contributed by atoms with Crippen LogP contribution < -0.4 is 0 Å². The van der Waals surface area contributed by atoms with E-state index in [2.05, 4.69) is 24.2 Å². The van der Waals surface area contributed by atoms with Crippen LogP contribution in [0.3, 0.4) is 0 Å². The topological polar surface area (TPSA) is 39.9 Å². The summed E-state index contributed by atoms with van der Waals surface area (Å²) in [6.45, 7) is 4.95. The van der Waals surface area contributed by atoms with Crippen molar-refractivity contribution in [3.8, 4) is 5.69 Å². The van der Waals surface area contributed by atoms with Gasteiger partial charge in [-0.15, -0.1) is 5.10 Å². The van der Waals surface area contributed by atoms with Gasteiger partial charge in [0.05, 0.1) is 23.2 Å². The van der Waals surface area contributed by atoms with Crippen LogP contribution in [0.15, 0.2) is 30.5 Å². The van der Waals surface area contributed by atoms with E-state index in [-0.39, 0.29) is 11.4 Å². The van der Waals surface area contributed by atoms with Crippen LogP contribution >= 0.6 is 0 Å². The van der Waals surface area contributed by atoms with Crippen molar-refractivity contribution in [1.29, 1.82) is 0 Å². The summed E-state index contributed by atoms with van der Waals surface area (Å²) in [5.41, 5.74) is 1.78. The summed E-state index contributed by atoms with van der Waals surface area (Å²) in [4.78, 5) is 0. The standard InChI is InChI=1S/C15H18FN3O/c1-15(2)9-11(7-8-20-15)14-10-17-18-19(14)13-5-3-12(16)4-6-13/h3-6,10-11H,7-9H2,1-2H3. The molecule has 0 spiro atoms. The Hall–Kier alpha value is -1.75. The van der Waals surface area contributed by atoms with Crippen LogP contribution in [0.25, 0.3) is 5.69 Å². The van der Waals surface area contributed by atoms with Gasteiger partial charge in [0.2, 0.25) is 0 Å². The molecule has 0 bridgehead atoms. The molecule has 1 fully saturated rings. The zero-order chi connectivity index (χ0) is 14.2. The molecule has 0 aliphatic carbocycles. The summed E-state index contributed by atoms with van der Waals surface area (Å²) >= 11 is 0. The highest BCUT2D eigenvalue weighted by molar-refractivity contribution is 5.33. The van der Waals surface area contributed by atoms with E-state index in [4.69, 9.17) is 4.74 Å². The molecule has 5 heteroatoms. The molecular formula is C15H18FN3O. The number of aromatic nitrogens is 3. The summed E-state index contributed by atoms with van der Waals surface area (Å²) in [6, 6.07) is 6.32. The fraction of sp³-hybridized carbons (Fsp3) is 0.467. The van der Waals surface area contributed by atoms with E-state index in [1.165, 1.54) is 12.1 Å². The maximum absolute atomic E-state index is 13.0. The molecular weight excluding hydrogens is 257 g/mol. The van der Waals surface area contributed by atoms with Crippen LogP contribution in [0.1, 0.15) is 38.3 Å². The van der Waals surface area contributed by atoms with Gasteiger partial charge in [-0.05, 0) is 51.0 Å². The van der Waals surface area contributed by atoms with Crippen molar-refractivity contribution in [2.24, 2.45) is 0 Å². The molecule has 0 radical (unpaired) electrons. The fourth-order valence-corrected chi connectivity index (χ4v) is 2.79. The third-order valence-corrected chi connectivity index (χ3v) is 3.76. The lowest BCUT2D eigenvalue weighted by atomic mass is 9.86. The molecule has 106 valence electrons. The minimum atomic E-state index is -0.248. The van der Waals surface area contributed by atoms with Gasteiger partial charge in [-0.3, -0.25) is 0 Å². The molecule has 1 atom stereocenters. The first-order chi connectivity index (χ1) is 9.55. The Labute approximate surface area is 117 Å². The van der Waals surface area contributed by atoms with E-state index in [9.17, 15) is 4.39 Å². The Bertz CT molecular complexity index is 591. The van der Waals surface area contributed by atoms with Gasteiger partial charge in [0.1, 0.15) is 5.82 Å². The lowest BCUT2D eigenvalue weighted by Crippen LogP contribution is -2.33. The van der Waals surface area contributed by atoms with Gasteiger partial charge < -0.3 is 4.74 Å². The van der Waals surface area contributed by atoms with Gasteiger partial charge in [-0.1, -0.05) is 5.21 Å². The lowest BCUT2D eigenvalue weighted by Gasteiger charge is -2.35. The van der Waals surface area contributed by atoms with Crippen molar-refractivity contribution in [2.75, 3.05) is 6.61 Å². The molecule has 1 aromatic carbocycles. The largest absolute Gasteiger partial charge is 0.376 e. The van der Waals surface area contributed by atoms with Crippen molar-refractivity contribution >= 4 is 0 Å². The first-order valence-electron chi connectivity index (χ1n) is 6.86. The maximum atomic E-state index is 13.0. The van der Waals surface area contributed by atoms with E-state index in [1.54, 1.807) is 23.0 Å². The predicted octanol–water partition coefficient (Wildman–Crippen LogP) is 3.08. The minimum absolute atomic E-state index is 0.124. The number of nitrogens with zero attached hydrogens (tertiary/aromatic N) is 3. The average Bonchev–Trinajstić information content (AvgIpc) is 2.87. The van der Waals surface area contributed by atoms with E-state index in [0.29, 0.717) is 5.92 Å². The third kappa shape index (κ3) is 2.58. The molecule has 1 saturated heterocycles. The summed E-state index contributed by atoms with van der Waals surface area (Å²) in [5.74, 6) is 0.112. The number of hydrogen-bond acceptors (Lipinski definition) is 3.